The van der Waals surface area contributed by atoms with Gasteiger partial charge in [0, 0.05) is 27.7 Å². The van der Waals surface area contributed by atoms with Gasteiger partial charge in [-0.1, -0.05) is 11.6 Å². The first kappa shape index (κ1) is 21.7. The maximum atomic E-state index is 11.5. The van der Waals surface area contributed by atoms with Gasteiger partial charge in [0.1, 0.15) is 12.7 Å². The lowest BCUT2D eigenvalue weighted by atomic mass is 9.99. The predicted molar refractivity (Wildman–Crippen MR) is 85.7 cm³/mol. The first-order valence-corrected chi connectivity index (χ1v) is 8.31. The number of carbonyl (C=O) groups excluding carboxylic acids is 4. The van der Waals surface area contributed by atoms with E-state index in [0.717, 1.165) is 20.8 Å². The van der Waals surface area contributed by atoms with E-state index in [2.05, 4.69) is 15.9 Å². The van der Waals surface area contributed by atoms with E-state index in [9.17, 15) is 19.2 Å². The van der Waals surface area contributed by atoms with Gasteiger partial charge in [0.05, 0.1) is 0 Å². The fourth-order valence-corrected chi connectivity index (χ4v) is 3.09. The van der Waals surface area contributed by atoms with Crippen LogP contribution in [0.4, 0.5) is 0 Å². The largest absolute Gasteiger partial charge is 0.463 e. The fourth-order valence-electron chi connectivity index (χ4n) is 2.21. The van der Waals surface area contributed by atoms with Gasteiger partial charge >= 0.3 is 23.9 Å². The third-order valence-electron chi connectivity index (χ3n) is 2.98. The molecule has 1 fully saturated rings. The van der Waals surface area contributed by atoms with Crippen molar-refractivity contribution >= 4 is 51.4 Å². The first-order chi connectivity index (χ1) is 11.4. The number of hydrogen-bond acceptors (Lipinski definition) is 9. The molecule has 0 spiro atoms. The summed E-state index contributed by atoms with van der Waals surface area (Å²) in [4.78, 5) is 45.4. The third kappa shape index (κ3) is 6.44. The Hall–Kier alpha value is -1.39. The maximum absolute atomic E-state index is 11.5. The Morgan fingerprint density at radius 3 is 1.84 bits per heavy atom. The van der Waals surface area contributed by atoms with Gasteiger partial charge in [-0.25, -0.2) is 0 Å². The molecule has 0 amide bonds. The van der Waals surface area contributed by atoms with Gasteiger partial charge in [-0.2, -0.15) is 0 Å². The number of ether oxygens (including phenoxy) is 5. The molecule has 0 aliphatic carbocycles. The monoisotopic (exact) mass is 444 g/mol. The maximum Gasteiger partial charge on any atom is 0.303 e. The Kier molecular flexibility index (Phi) is 7.63. The van der Waals surface area contributed by atoms with Crippen molar-refractivity contribution in [2.45, 2.75) is 56.1 Å². The zero-order valence-electron chi connectivity index (χ0n) is 13.9. The highest BCUT2D eigenvalue weighted by atomic mass is 79.9. The van der Waals surface area contributed by atoms with Crippen LogP contribution in [0.5, 0.6) is 0 Å². The molecule has 1 aliphatic heterocycles. The van der Waals surface area contributed by atoms with Crippen molar-refractivity contribution in [1.82, 2.24) is 0 Å². The highest BCUT2D eigenvalue weighted by molar-refractivity contribution is 9.10. The average molecular weight is 446 g/mol. The second-order valence-corrected chi connectivity index (χ2v) is 7.39. The highest BCUT2D eigenvalue weighted by Gasteiger charge is 2.58. The van der Waals surface area contributed by atoms with Crippen molar-refractivity contribution in [2.24, 2.45) is 0 Å². The molecule has 1 rings (SSSR count). The van der Waals surface area contributed by atoms with Gasteiger partial charge in [0.2, 0.25) is 3.97 Å². The minimum absolute atomic E-state index is 0.335. The Bertz CT molecular complexity index is 550. The molecule has 0 saturated carbocycles. The number of halogens is 2. The van der Waals surface area contributed by atoms with Gasteiger partial charge in [-0.05, 0) is 15.9 Å². The van der Waals surface area contributed by atoms with Crippen molar-refractivity contribution < 1.29 is 42.9 Å². The lowest BCUT2D eigenvalue weighted by Gasteiger charge is -2.46. The van der Waals surface area contributed by atoms with Gasteiger partial charge in [0.15, 0.2) is 18.3 Å². The Morgan fingerprint density at radius 2 is 1.40 bits per heavy atom. The number of rotatable bonds is 5. The molecule has 0 unspecified atom stereocenters. The van der Waals surface area contributed by atoms with Crippen LogP contribution in [0.3, 0.4) is 0 Å². The van der Waals surface area contributed by atoms with E-state index >= 15 is 0 Å². The Labute approximate surface area is 157 Å². The summed E-state index contributed by atoms with van der Waals surface area (Å²) in [6, 6.07) is 0. The molecule has 0 N–H and O–H groups in total. The summed E-state index contributed by atoms with van der Waals surface area (Å²) < 4.78 is 24.0. The van der Waals surface area contributed by atoms with E-state index in [1.165, 1.54) is 6.92 Å². The number of alkyl halides is 2. The van der Waals surface area contributed by atoms with E-state index < -0.39 is 52.3 Å². The fraction of sp³-hybridized carbons (Fsp3) is 0.714. The van der Waals surface area contributed by atoms with Crippen molar-refractivity contribution in [3.8, 4) is 0 Å². The topological polar surface area (TPSA) is 114 Å². The molecular formula is C14H18BrClO9. The second kappa shape index (κ2) is 8.81. The summed E-state index contributed by atoms with van der Waals surface area (Å²) in [6.45, 7) is 4.22. The lowest BCUT2D eigenvalue weighted by molar-refractivity contribution is -0.244. The van der Waals surface area contributed by atoms with Crippen LogP contribution in [0.2, 0.25) is 0 Å². The quantitative estimate of drug-likeness (QED) is 0.347. The minimum atomic E-state index is -1.81. The van der Waals surface area contributed by atoms with Crippen LogP contribution in [-0.4, -0.2) is 58.9 Å². The van der Waals surface area contributed by atoms with Crippen molar-refractivity contribution in [2.75, 3.05) is 6.61 Å². The minimum Gasteiger partial charge on any atom is -0.463 e. The molecule has 0 bridgehead atoms. The molecular weight excluding hydrogens is 428 g/mol. The molecule has 1 saturated heterocycles. The molecule has 142 valence electrons. The van der Waals surface area contributed by atoms with Crippen LogP contribution in [0.1, 0.15) is 27.7 Å². The smallest absolute Gasteiger partial charge is 0.303 e. The second-order valence-electron chi connectivity index (χ2n) is 5.20. The van der Waals surface area contributed by atoms with Crippen LogP contribution >= 0.6 is 27.5 Å². The van der Waals surface area contributed by atoms with Crippen molar-refractivity contribution in [3.63, 3.8) is 0 Å². The van der Waals surface area contributed by atoms with Gasteiger partial charge in [0.25, 0.3) is 0 Å². The standard InChI is InChI=1S/C14H18BrClO9/c1-6(17)21-5-10-11(22-7(2)18)12(23-8(3)19)13(24-9(4)20)14(15,16)25-10/h10-13H,5H2,1-4H3/t10-,11-,12+,13-,14+/m1/s1. The highest BCUT2D eigenvalue weighted by Crippen LogP contribution is 2.42. The van der Waals surface area contributed by atoms with Crippen LogP contribution in [0.15, 0.2) is 0 Å². The predicted octanol–water partition coefficient (Wildman–Crippen LogP) is 1.03. The normalized spacial score (nSPS) is 31.6. The molecule has 0 aromatic rings. The molecule has 1 heterocycles. The van der Waals surface area contributed by atoms with Gasteiger partial charge in [-0.15, -0.1) is 0 Å². The summed E-state index contributed by atoms with van der Waals surface area (Å²) >= 11 is 9.27. The number of hydrogen-bond donors (Lipinski definition) is 0. The zero-order chi connectivity index (χ0) is 19.4. The molecule has 0 aromatic carbocycles. The molecule has 9 nitrogen and oxygen atoms in total. The van der Waals surface area contributed by atoms with Crippen LogP contribution < -0.4 is 0 Å². The summed E-state index contributed by atoms with van der Waals surface area (Å²) in [5.74, 6) is -2.77. The summed E-state index contributed by atoms with van der Waals surface area (Å²) in [5.41, 5.74) is 0. The average Bonchev–Trinajstić information content (AvgIpc) is 2.42. The van der Waals surface area contributed by atoms with Crippen LogP contribution in [0, 0.1) is 0 Å². The van der Waals surface area contributed by atoms with E-state index in [1.807, 2.05) is 0 Å². The van der Waals surface area contributed by atoms with E-state index in [-0.39, 0.29) is 6.61 Å². The van der Waals surface area contributed by atoms with Gasteiger partial charge in [-0.3, -0.25) is 19.2 Å². The SMILES string of the molecule is CC(=O)OC[C@H]1O[C@](Cl)(Br)[C@H](OC(C)=O)[C@@H](OC(C)=O)[C@@H]1OC(C)=O. The lowest BCUT2D eigenvalue weighted by Crippen LogP contribution is -2.64. The molecule has 0 aromatic heterocycles. The van der Waals surface area contributed by atoms with Crippen LogP contribution in [-0.2, 0) is 42.9 Å². The first-order valence-electron chi connectivity index (χ1n) is 7.14. The number of esters is 4. The molecule has 11 heteroatoms. The molecule has 0 radical (unpaired) electrons. The Balaban J connectivity index is 3.24. The third-order valence-corrected chi connectivity index (χ3v) is 3.92. The summed E-state index contributed by atoms with van der Waals surface area (Å²) in [6.07, 6.45) is -4.94. The Morgan fingerprint density at radius 1 is 0.920 bits per heavy atom. The summed E-state index contributed by atoms with van der Waals surface area (Å²) in [7, 11) is 0. The molecule has 5 atom stereocenters. The molecule has 25 heavy (non-hydrogen) atoms. The molecule has 1 aliphatic rings. The van der Waals surface area contributed by atoms with Crippen molar-refractivity contribution in [3.05, 3.63) is 0 Å². The van der Waals surface area contributed by atoms with E-state index in [4.69, 9.17) is 35.3 Å². The van der Waals surface area contributed by atoms with Crippen molar-refractivity contribution in [1.29, 1.82) is 0 Å². The summed E-state index contributed by atoms with van der Waals surface area (Å²) in [5, 5.41) is 0. The van der Waals surface area contributed by atoms with E-state index in [1.54, 1.807) is 0 Å². The van der Waals surface area contributed by atoms with Gasteiger partial charge < -0.3 is 23.7 Å². The number of carbonyl (C=O) groups is 4. The van der Waals surface area contributed by atoms with E-state index in [0.29, 0.717) is 0 Å². The van der Waals surface area contributed by atoms with Crippen LogP contribution in [0.25, 0.3) is 0 Å². The zero-order valence-corrected chi connectivity index (χ0v) is 16.3.